The summed E-state index contributed by atoms with van der Waals surface area (Å²) in [6.07, 6.45) is 19.3. The highest BCUT2D eigenvalue weighted by molar-refractivity contribution is 6.10. The van der Waals surface area contributed by atoms with Gasteiger partial charge < -0.3 is 9.13 Å². The molecule has 0 atom stereocenters. The number of allylic oxidation sites excluding steroid dienone is 2. The summed E-state index contributed by atoms with van der Waals surface area (Å²) in [6.45, 7) is 6.55. The zero-order valence-corrected chi connectivity index (χ0v) is 33.2. The molecule has 282 valence electrons. The number of unbranched alkanes of at least 4 members (excludes halogenated alkanes) is 10. The second-order valence-electron chi connectivity index (χ2n) is 15.3. The van der Waals surface area contributed by atoms with Crippen molar-refractivity contribution in [3.63, 3.8) is 0 Å². The van der Waals surface area contributed by atoms with Gasteiger partial charge in [0.1, 0.15) is 0 Å². The molecule has 0 radical (unpaired) electrons. The minimum Gasteiger partial charge on any atom is -0.340 e. The highest BCUT2D eigenvalue weighted by atomic mass is 15.0. The van der Waals surface area contributed by atoms with Crippen LogP contribution < -0.4 is 0 Å². The van der Waals surface area contributed by atoms with Crippen LogP contribution in [0.3, 0.4) is 0 Å². The van der Waals surface area contributed by atoms with Gasteiger partial charge in [0.15, 0.2) is 0 Å². The van der Waals surface area contributed by atoms with Crippen LogP contribution in [0.1, 0.15) is 113 Å². The van der Waals surface area contributed by atoms with Gasteiger partial charge in [-0.05, 0) is 83.6 Å². The summed E-state index contributed by atoms with van der Waals surface area (Å²) in [5, 5.41) is 25.5. The Labute approximate surface area is 333 Å². The SMILES string of the molecule is CCCCCCCCn1c2ccccc2c2cc(/C=C(\C#N)c3ccc(/C(C#N)=C\c4ccc5c(c4)c4ccccc4n5CCCCCCCC)cc3)ccc21. The third-order valence-electron chi connectivity index (χ3n) is 11.4. The van der Waals surface area contributed by atoms with E-state index in [2.05, 4.69) is 120 Å². The molecule has 0 aliphatic carbocycles. The molecular formula is C52H54N4. The molecule has 0 bridgehead atoms. The molecule has 0 spiro atoms. The Morgan fingerprint density at radius 1 is 0.446 bits per heavy atom. The molecule has 0 unspecified atom stereocenters. The van der Waals surface area contributed by atoms with Gasteiger partial charge in [-0.3, -0.25) is 0 Å². The van der Waals surface area contributed by atoms with Crippen LogP contribution in [0.15, 0.2) is 109 Å². The Morgan fingerprint density at radius 2 is 0.821 bits per heavy atom. The van der Waals surface area contributed by atoms with Crippen LogP contribution in [0.25, 0.3) is 66.9 Å². The maximum absolute atomic E-state index is 10.3. The predicted molar refractivity (Wildman–Crippen MR) is 239 cm³/mol. The smallest absolute Gasteiger partial charge is 0.0998 e. The van der Waals surface area contributed by atoms with E-state index >= 15 is 0 Å². The van der Waals surface area contributed by atoms with Crippen LogP contribution in [0.5, 0.6) is 0 Å². The number of nitriles is 2. The lowest BCUT2D eigenvalue weighted by Gasteiger charge is -2.08. The van der Waals surface area contributed by atoms with E-state index in [4.69, 9.17) is 0 Å². The van der Waals surface area contributed by atoms with Gasteiger partial charge in [-0.2, -0.15) is 10.5 Å². The van der Waals surface area contributed by atoms with Crippen LogP contribution in [0.4, 0.5) is 0 Å². The van der Waals surface area contributed by atoms with Crippen LogP contribution in [0, 0.1) is 22.7 Å². The molecule has 56 heavy (non-hydrogen) atoms. The summed E-state index contributed by atoms with van der Waals surface area (Å²) in [5.41, 5.74) is 9.88. The Balaban J connectivity index is 1.11. The molecule has 0 saturated carbocycles. The molecule has 0 aliphatic heterocycles. The maximum atomic E-state index is 10.3. The van der Waals surface area contributed by atoms with Gasteiger partial charge in [0.25, 0.3) is 0 Å². The van der Waals surface area contributed by atoms with Gasteiger partial charge in [-0.25, -0.2) is 0 Å². The molecule has 4 nitrogen and oxygen atoms in total. The normalized spacial score (nSPS) is 12.2. The Hall–Kier alpha value is -5.84. The van der Waals surface area contributed by atoms with Crippen molar-refractivity contribution < 1.29 is 0 Å². The minimum atomic E-state index is 0.594. The van der Waals surface area contributed by atoms with Crippen LogP contribution in [0.2, 0.25) is 0 Å². The van der Waals surface area contributed by atoms with Gasteiger partial charge in [0.2, 0.25) is 0 Å². The Bertz CT molecular complexity index is 2400. The fourth-order valence-electron chi connectivity index (χ4n) is 8.43. The minimum absolute atomic E-state index is 0.594. The summed E-state index contributed by atoms with van der Waals surface area (Å²) in [5.74, 6) is 0. The summed E-state index contributed by atoms with van der Waals surface area (Å²) in [6, 6.07) is 43.2. The van der Waals surface area contributed by atoms with E-state index < -0.39 is 0 Å². The first-order valence-electron chi connectivity index (χ1n) is 21.0. The van der Waals surface area contributed by atoms with Crippen molar-refractivity contribution >= 4 is 66.9 Å². The van der Waals surface area contributed by atoms with Crippen molar-refractivity contribution in [2.75, 3.05) is 0 Å². The van der Waals surface area contributed by atoms with Crippen molar-refractivity contribution in [1.29, 1.82) is 10.5 Å². The summed E-state index contributed by atoms with van der Waals surface area (Å²) in [7, 11) is 0. The molecule has 0 fully saturated rings. The van der Waals surface area contributed by atoms with Crippen molar-refractivity contribution in [2.45, 2.75) is 104 Å². The molecule has 2 heterocycles. The number of aryl methyl sites for hydroxylation is 2. The molecule has 0 saturated heterocycles. The number of fused-ring (bicyclic) bond motifs is 6. The highest BCUT2D eigenvalue weighted by Gasteiger charge is 2.13. The molecular weight excluding hydrogens is 681 g/mol. The zero-order chi connectivity index (χ0) is 38.7. The molecule has 7 aromatic rings. The second-order valence-corrected chi connectivity index (χ2v) is 15.3. The van der Waals surface area contributed by atoms with E-state index in [9.17, 15) is 10.5 Å². The maximum Gasteiger partial charge on any atom is 0.0998 e. The fourth-order valence-corrected chi connectivity index (χ4v) is 8.43. The lowest BCUT2D eigenvalue weighted by Crippen LogP contribution is -1.97. The van der Waals surface area contributed by atoms with Gasteiger partial charge in [0, 0.05) is 56.7 Å². The molecule has 7 rings (SSSR count). The van der Waals surface area contributed by atoms with E-state index in [1.54, 1.807) is 0 Å². The molecule has 5 aromatic carbocycles. The van der Waals surface area contributed by atoms with E-state index in [0.29, 0.717) is 11.1 Å². The number of hydrogen-bond donors (Lipinski definition) is 0. The zero-order valence-electron chi connectivity index (χ0n) is 33.2. The number of rotatable bonds is 18. The Kier molecular flexibility index (Phi) is 12.8. The van der Waals surface area contributed by atoms with E-state index in [-0.39, 0.29) is 0 Å². The number of benzene rings is 5. The van der Waals surface area contributed by atoms with Crippen molar-refractivity contribution in [2.24, 2.45) is 0 Å². The lowest BCUT2D eigenvalue weighted by atomic mass is 9.98. The second kappa shape index (κ2) is 18.7. The quantitative estimate of drug-likeness (QED) is 0.0501. The first kappa shape index (κ1) is 38.4. The number of para-hydroxylation sites is 2. The van der Waals surface area contributed by atoms with Gasteiger partial charge in [0.05, 0.1) is 23.3 Å². The summed E-state index contributed by atoms with van der Waals surface area (Å²) >= 11 is 0. The standard InChI is InChI=1S/C52H54N4/c1-3-5-7-9-11-17-31-55-49-21-15-13-19-45(49)47-35-39(23-29-51(47)55)33-43(37-53)41-25-27-42(28-26-41)44(38-54)34-40-24-30-52-48(36-40)46-20-14-16-22-50(46)56(52)32-18-12-10-8-6-4-2/h13-16,19-30,33-36H,3-12,17-18,31-32H2,1-2H3/b43-33-,44-34+. The lowest BCUT2D eigenvalue weighted by molar-refractivity contribution is 0.571. The molecule has 2 aromatic heterocycles. The van der Waals surface area contributed by atoms with E-state index in [1.165, 1.54) is 121 Å². The third-order valence-corrected chi connectivity index (χ3v) is 11.4. The highest BCUT2D eigenvalue weighted by Crippen LogP contribution is 2.33. The summed E-state index contributed by atoms with van der Waals surface area (Å²) < 4.78 is 4.94. The first-order valence-corrected chi connectivity index (χ1v) is 21.0. The predicted octanol–water partition coefficient (Wildman–Crippen LogP) is 14.8. The number of aromatic nitrogens is 2. The van der Waals surface area contributed by atoms with Gasteiger partial charge in [-0.15, -0.1) is 0 Å². The monoisotopic (exact) mass is 734 g/mol. The van der Waals surface area contributed by atoms with Gasteiger partial charge >= 0.3 is 0 Å². The fraction of sp³-hybridized carbons (Fsp3) is 0.308. The van der Waals surface area contributed by atoms with Gasteiger partial charge in [-0.1, -0.05) is 151 Å². The largest absolute Gasteiger partial charge is 0.340 e. The topological polar surface area (TPSA) is 57.4 Å². The third kappa shape index (κ3) is 8.51. The number of nitrogens with zero attached hydrogens (tertiary/aromatic N) is 4. The summed E-state index contributed by atoms with van der Waals surface area (Å²) in [4.78, 5) is 0. The van der Waals surface area contributed by atoms with Crippen LogP contribution in [-0.4, -0.2) is 9.13 Å². The first-order chi connectivity index (χ1) is 27.6. The Morgan fingerprint density at radius 3 is 1.23 bits per heavy atom. The van der Waals surface area contributed by atoms with Crippen LogP contribution >= 0.6 is 0 Å². The molecule has 0 amide bonds. The van der Waals surface area contributed by atoms with E-state index in [1.807, 2.05) is 36.4 Å². The average Bonchev–Trinajstić information content (AvgIpc) is 3.73. The molecule has 4 heteroatoms. The van der Waals surface area contributed by atoms with Crippen molar-refractivity contribution in [3.05, 3.63) is 131 Å². The van der Waals surface area contributed by atoms with Crippen molar-refractivity contribution in [3.8, 4) is 12.1 Å². The van der Waals surface area contributed by atoms with Crippen molar-refractivity contribution in [1.82, 2.24) is 9.13 Å². The van der Waals surface area contributed by atoms with E-state index in [0.717, 1.165) is 35.3 Å². The average molecular weight is 735 g/mol. The molecule has 0 N–H and O–H groups in total. The van der Waals surface area contributed by atoms with Crippen LogP contribution in [-0.2, 0) is 13.1 Å². The molecule has 0 aliphatic rings. The number of hydrogen-bond acceptors (Lipinski definition) is 2.